The van der Waals surface area contributed by atoms with Crippen LogP contribution in [0, 0.1) is 32.1 Å². The molecule has 0 radical (unpaired) electrons. The van der Waals surface area contributed by atoms with Crippen LogP contribution in [0.25, 0.3) is 83.9 Å². The smallest absolute Gasteiger partial charge is 0.164 e. The molecule has 256 valence electrons. The first kappa shape index (κ1) is 32.7. The third-order valence-corrected chi connectivity index (χ3v) is 10.2. The Hall–Kier alpha value is -7.16. The van der Waals surface area contributed by atoms with Crippen molar-refractivity contribution < 1.29 is 0 Å². The van der Waals surface area contributed by atoms with E-state index in [9.17, 15) is 5.26 Å². The highest BCUT2D eigenvalue weighted by Crippen LogP contribution is 2.41. The summed E-state index contributed by atoms with van der Waals surface area (Å²) in [6, 6.07) is 56.8. The zero-order chi connectivity index (χ0) is 36.8. The average molecular weight is 694 g/mol. The minimum atomic E-state index is 0.580. The van der Waals surface area contributed by atoms with Crippen LogP contribution in [0.2, 0.25) is 0 Å². The van der Waals surface area contributed by atoms with Gasteiger partial charge in [-0.05, 0) is 85.0 Å². The average Bonchev–Trinajstić information content (AvgIpc) is 3.55. The molecule has 0 saturated heterocycles. The number of aromatic nitrogens is 4. The monoisotopic (exact) mass is 693 g/mol. The molecule has 2 heterocycles. The third kappa shape index (κ3) is 5.81. The van der Waals surface area contributed by atoms with Gasteiger partial charge in [-0.2, -0.15) is 5.26 Å². The molecule has 9 aromatic rings. The molecule has 0 aliphatic heterocycles. The van der Waals surface area contributed by atoms with Gasteiger partial charge in [-0.15, -0.1) is 0 Å². The molecule has 2 aromatic heterocycles. The van der Waals surface area contributed by atoms with Crippen LogP contribution >= 0.6 is 0 Å². The molecule has 5 heteroatoms. The van der Waals surface area contributed by atoms with Crippen LogP contribution in [-0.4, -0.2) is 19.5 Å². The van der Waals surface area contributed by atoms with Gasteiger partial charge in [-0.3, -0.25) is 0 Å². The Morgan fingerprint density at radius 1 is 0.444 bits per heavy atom. The summed E-state index contributed by atoms with van der Waals surface area (Å²) in [5.74, 6) is 1.80. The molecular formula is C49H35N5. The molecule has 0 atom stereocenters. The number of para-hydroxylation sites is 1. The van der Waals surface area contributed by atoms with Crippen LogP contribution < -0.4 is 0 Å². The summed E-state index contributed by atoms with van der Waals surface area (Å²) >= 11 is 0. The van der Waals surface area contributed by atoms with E-state index in [1.807, 2.05) is 78.9 Å². The normalized spacial score (nSPS) is 11.2. The van der Waals surface area contributed by atoms with Crippen molar-refractivity contribution in [2.45, 2.75) is 20.8 Å². The van der Waals surface area contributed by atoms with Crippen molar-refractivity contribution in [1.82, 2.24) is 19.5 Å². The standard InChI is InChI=1S/C49H35N5/c1-31-18-23-39(33(3)26-31)37-22-25-45-43(28-37)40-16-10-11-17-44(40)54(45)46-29-38(21-24-41(46)42-27-34(30-50)20-19-32(42)2)49-52-47(35-12-6-4-7-13-35)51-48(53-49)36-14-8-5-9-15-36/h4-29H,1-3H3. The summed E-state index contributed by atoms with van der Waals surface area (Å²) in [6.07, 6.45) is 0. The fourth-order valence-corrected chi connectivity index (χ4v) is 7.54. The second kappa shape index (κ2) is 13.4. The predicted octanol–water partition coefficient (Wildman–Crippen LogP) is 12.1. The van der Waals surface area contributed by atoms with E-state index in [0.717, 1.165) is 55.5 Å². The van der Waals surface area contributed by atoms with E-state index < -0.39 is 0 Å². The first-order valence-corrected chi connectivity index (χ1v) is 18.1. The second-order valence-corrected chi connectivity index (χ2v) is 13.8. The van der Waals surface area contributed by atoms with Crippen LogP contribution in [0.3, 0.4) is 0 Å². The Kier molecular flexibility index (Phi) is 8.14. The summed E-state index contributed by atoms with van der Waals surface area (Å²) < 4.78 is 2.35. The van der Waals surface area contributed by atoms with Crippen molar-refractivity contribution in [3.63, 3.8) is 0 Å². The highest BCUT2D eigenvalue weighted by Gasteiger charge is 2.20. The van der Waals surface area contributed by atoms with E-state index >= 15 is 0 Å². The van der Waals surface area contributed by atoms with Gasteiger partial charge in [-0.25, -0.2) is 15.0 Å². The number of nitrogens with zero attached hydrogens (tertiary/aromatic N) is 5. The van der Waals surface area contributed by atoms with Crippen molar-refractivity contribution >= 4 is 21.8 Å². The number of aryl methyl sites for hydroxylation is 3. The number of nitriles is 1. The Bertz CT molecular complexity index is 2860. The molecule has 0 bridgehead atoms. The van der Waals surface area contributed by atoms with E-state index in [-0.39, 0.29) is 0 Å². The summed E-state index contributed by atoms with van der Waals surface area (Å²) in [5.41, 5.74) is 14.5. The van der Waals surface area contributed by atoms with Crippen LogP contribution in [-0.2, 0) is 0 Å². The fraction of sp³-hybridized carbons (Fsp3) is 0.0612. The maximum Gasteiger partial charge on any atom is 0.164 e. The SMILES string of the molecule is Cc1ccc(-c2ccc3c(c2)c2ccccc2n3-c2cc(-c3nc(-c4ccccc4)nc(-c4ccccc4)n3)ccc2-c2cc(C#N)ccc2C)c(C)c1. The summed E-state index contributed by atoms with van der Waals surface area (Å²) in [7, 11) is 0. The van der Waals surface area contributed by atoms with E-state index in [1.54, 1.807) is 0 Å². The molecule has 9 rings (SSSR count). The van der Waals surface area contributed by atoms with Gasteiger partial charge in [0.25, 0.3) is 0 Å². The summed E-state index contributed by atoms with van der Waals surface area (Å²) in [4.78, 5) is 15.1. The van der Waals surface area contributed by atoms with Crippen molar-refractivity contribution in [3.05, 3.63) is 180 Å². The number of rotatable bonds is 6. The van der Waals surface area contributed by atoms with Crippen LogP contribution in [0.4, 0.5) is 0 Å². The van der Waals surface area contributed by atoms with Crippen LogP contribution in [0.5, 0.6) is 0 Å². The number of fused-ring (bicyclic) bond motifs is 3. The van der Waals surface area contributed by atoms with E-state index in [0.29, 0.717) is 23.0 Å². The minimum absolute atomic E-state index is 0.580. The Morgan fingerprint density at radius 3 is 1.74 bits per heavy atom. The maximum absolute atomic E-state index is 9.95. The third-order valence-electron chi connectivity index (χ3n) is 10.2. The topological polar surface area (TPSA) is 67.4 Å². The van der Waals surface area contributed by atoms with Crippen molar-refractivity contribution in [2.24, 2.45) is 0 Å². The molecule has 7 aromatic carbocycles. The zero-order valence-corrected chi connectivity index (χ0v) is 30.2. The highest BCUT2D eigenvalue weighted by atomic mass is 15.0. The molecule has 0 spiro atoms. The zero-order valence-electron chi connectivity index (χ0n) is 30.2. The first-order chi connectivity index (χ1) is 26.4. The van der Waals surface area contributed by atoms with E-state index in [1.165, 1.54) is 27.6 Å². The maximum atomic E-state index is 9.95. The van der Waals surface area contributed by atoms with Crippen molar-refractivity contribution in [2.75, 3.05) is 0 Å². The lowest BCUT2D eigenvalue weighted by Crippen LogP contribution is -2.02. The Morgan fingerprint density at radius 2 is 1.06 bits per heavy atom. The molecule has 54 heavy (non-hydrogen) atoms. The molecule has 0 aliphatic carbocycles. The van der Waals surface area contributed by atoms with Gasteiger partial charge < -0.3 is 4.57 Å². The van der Waals surface area contributed by atoms with E-state index in [4.69, 9.17) is 15.0 Å². The number of benzene rings is 7. The lowest BCUT2D eigenvalue weighted by molar-refractivity contribution is 1.07. The van der Waals surface area contributed by atoms with Gasteiger partial charge in [0, 0.05) is 33.0 Å². The summed E-state index contributed by atoms with van der Waals surface area (Å²) in [5, 5.41) is 12.3. The van der Waals surface area contributed by atoms with Crippen molar-refractivity contribution in [3.8, 4) is 68.2 Å². The largest absolute Gasteiger partial charge is 0.309 e. The van der Waals surface area contributed by atoms with Crippen LogP contribution in [0.1, 0.15) is 22.3 Å². The molecule has 0 N–H and O–H groups in total. The van der Waals surface area contributed by atoms with Crippen LogP contribution in [0.15, 0.2) is 158 Å². The lowest BCUT2D eigenvalue weighted by atomic mass is 9.95. The lowest BCUT2D eigenvalue weighted by Gasteiger charge is -2.18. The molecule has 5 nitrogen and oxygen atoms in total. The van der Waals surface area contributed by atoms with Crippen molar-refractivity contribution in [1.29, 1.82) is 5.26 Å². The number of hydrogen-bond donors (Lipinski definition) is 0. The molecular weight excluding hydrogens is 659 g/mol. The van der Waals surface area contributed by atoms with Gasteiger partial charge in [-0.1, -0.05) is 127 Å². The van der Waals surface area contributed by atoms with Gasteiger partial charge in [0.15, 0.2) is 17.5 Å². The summed E-state index contributed by atoms with van der Waals surface area (Å²) in [6.45, 7) is 6.41. The predicted molar refractivity (Wildman–Crippen MR) is 220 cm³/mol. The molecule has 0 fully saturated rings. The molecule has 0 saturated carbocycles. The van der Waals surface area contributed by atoms with Gasteiger partial charge >= 0.3 is 0 Å². The van der Waals surface area contributed by atoms with E-state index in [2.05, 4.69) is 110 Å². The highest BCUT2D eigenvalue weighted by molar-refractivity contribution is 6.11. The molecule has 0 amide bonds. The second-order valence-electron chi connectivity index (χ2n) is 13.8. The Balaban J connectivity index is 1.33. The van der Waals surface area contributed by atoms with Gasteiger partial charge in [0.2, 0.25) is 0 Å². The fourth-order valence-electron chi connectivity index (χ4n) is 7.54. The Labute approximate surface area is 314 Å². The quantitative estimate of drug-likeness (QED) is 0.174. The van der Waals surface area contributed by atoms with Gasteiger partial charge in [0.1, 0.15) is 0 Å². The molecule has 0 aliphatic rings. The first-order valence-electron chi connectivity index (χ1n) is 18.1. The molecule has 0 unspecified atom stereocenters. The van der Waals surface area contributed by atoms with Gasteiger partial charge in [0.05, 0.1) is 28.4 Å². The number of hydrogen-bond acceptors (Lipinski definition) is 4. The minimum Gasteiger partial charge on any atom is -0.309 e.